The lowest BCUT2D eigenvalue weighted by molar-refractivity contribution is -0.134. The van der Waals surface area contributed by atoms with E-state index in [1.165, 1.54) is 0 Å². The number of rotatable bonds is 6. The Morgan fingerprint density at radius 3 is 2.88 bits per heavy atom. The Labute approximate surface area is 152 Å². The number of carbonyl (C=O) groups is 2. The molecule has 7 heteroatoms. The number of nitrogens with zero attached hydrogens (tertiary/aromatic N) is 1. The molecule has 2 N–H and O–H groups in total. The van der Waals surface area contributed by atoms with Gasteiger partial charge in [-0.05, 0) is 29.7 Å². The average Bonchev–Trinajstić information content (AvgIpc) is 2.51. The Kier molecular flexibility index (Phi) is 6.90. The van der Waals surface area contributed by atoms with Gasteiger partial charge < -0.3 is 10.6 Å². The molecular formula is C17H23Cl2N3O2. The number of halogens is 2. The third kappa shape index (κ3) is 5.36. The van der Waals surface area contributed by atoms with Crippen molar-refractivity contribution in [3.63, 3.8) is 0 Å². The molecule has 0 radical (unpaired) electrons. The van der Waals surface area contributed by atoms with Gasteiger partial charge in [-0.15, -0.1) is 0 Å². The van der Waals surface area contributed by atoms with E-state index >= 15 is 0 Å². The van der Waals surface area contributed by atoms with Crippen molar-refractivity contribution in [3.8, 4) is 0 Å². The number of nitrogens with one attached hydrogen (secondary N) is 2. The van der Waals surface area contributed by atoms with Crippen LogP contribution in [0, 0.1) is 5.92 Å². The Hall–Kier alpha value is -1.30. The normalized spacial score (nSPS) is 18.5. The molecule has 1 aromatic rings. The van der Waals surface area contributed by atoms with Crippen LogP contribution in [0.15, 0.2) is 18.2 Å². The van der Waals surface area contributed by atoms with E-state index in [2.05, 4.69) is 29.4 Å². The Morgan fingerprint density at radius 2 is 2.17 bits per heavy atom. The summed E-state index contributed by atoms with van der Waals surface area (Å²) in [6.07, 6.45) is 0.136. The van der Waals surface area contributed by atoms with E-state index in [9.17, 15) is 9.59 Å². The Balaban J connectivity index is 1.94. The highest BCUT2D eigenvalue weighted by Crippen LogP contribution is 2.20. The van der Waals surface area contributed by atoms with Crippen molar-refractivity contribution in [2.45, 2.75) is 32.9 Å². The molecule has 24 heavy (non-hydrogen) atoms. The highest BCUT2D eigenvalue weighted by molar-refractivity contribution is 6.33. The average molecular weight is 372 g/mol. The summed E-state index contributed by atoms with van der Waals surface area (Å²) in [5.74, 6) is 0.173. The highest BCUT2D eigenvalue weighted by atomic mass is 35.5. The van der Waals surface area contributed by atoms with Crippen molar-refractivity contribution >= 4 is 35.0 Å². The van der Waals surface area contributed by atoms with Crippen LogP contribution in [0.5, 0.6) is 0 Å². The molecule has 0 saturated carbocycles. The summed E-state index contributed by atoms with van der Waals surface area (Å²) in [7, 11) is 0. The molecule has 1 aromatic carbocycles. The molecule has 1 heterocycles. The van der Waals surface area contributed by atoms with Gasteiger partial charge in [0.1, 0.15) is 0 Å². The fraction of sp³-hybridized carbons (Fsp3) is 0.529. The van der Waals surface area contributed by atoms with Gasteiger partial charge in [0.25, 0.3) is 0 Å². The van der Waals surface area contributed by atoms with Gasteiger partial charge in [-0.1, -0.05) is 37.0 Å². The first-order valence-electron chi connectivity index (χ1n) is 8.09. The highest BCUT2D eigenvalue weighted by Gasteiger charge is 2.31. The van der Waals surface area contributed by atoms with Crippen LogP contribution in [0.25, 0.3) is 0 Å². The van der Waals surface area contributed by atoms with Crippen molar-refractivity contribution in [1.82, 2.24) is 15.5 Å². The number of amides is 2. The molecule has 0 bridgehead atoms. The zero-order chi connectivity index (χ0) is 17.7. The summed E-state index contributed by atoms with van der Waals surface area (Å²) < 4.78 is 0. The maximum atomic E-state index is 12.3. The predicted molar refractivity (Wildman–Crippen MR) is 96.1 cm³/mol. The van der Waals surface area contributed by atoms with E-state index in [1.54, 1.807) is 18.2 Å². The fourth-order valence-electron chi connectivity index (χ4n) is 2.79. The van der Waals surface area contributed by atoms with Gasteiger partial charge in [0, 0.05) is 36.2 Å². The van der Waals surface area contributed by atoms with E-state index < -0.39 is 6.04 Å². The summed E-state index contributed by atoms with van der Waals surface area (Å²) >= 11 is 12.0. The van der Waals surface area contributed by atoms with Crippen molar-refractivity contribution < 1.29 is 9.59 Å². The molecule has 1 saturated heterocycles. The van der Waals surface area contributed by atoms with Gasteiger partial charge in [0.2, 0.25) is 11.8 Å². The van der Waals surface area contributed by atoms with E-state index in [4.69, 9.17) is 23.2 Å². The molecule has 1 aliphatic heterocycles. The van der Waals surface area contributed by atoms with Crippen LogP contribution in [0.2, 0.25) is 10.0 Å². The number of hydrogen-bond acceptors (Lipinski definition) is 3. The molecule has 1 atom stereocenters. The van der Waals surface area contributed by atoms with Gasteiger partial charge in [0.15, 0.2) is 0 Å². The minimum absolute atomic E-state index is 0.0853. The summed E-state index contributed by atoms with van der Waals surface area (Å²) in [6.45, 7) is 6.68. The lowest BCUT2D eigenvalue weighted by atomic mass is 10.1. The van der Waals surface area contributed by atoms with Crippen LogP contribution in [0.3, 0.4) is 0 Å². The minimum atomic E-state index is -0.420. The monoisotopic (exact) mass is 371 g/mol. The molecule has 1 aliphatic rings. The second-order valence-electron chi connectivity index (χ2n) is 6.41. The van der Waals surface area contributed by atoms with Gasteiger partial charge in [-0.2, -0.15) is 0 Å². The molecular weight excluding hydrogens is 349 g/mol. The lowest BCUT2D eigenvalue weighted by Crippen LogP contribution is -2.57. The third-order valence-corrected chi connectivity index (χ3v) is 4.51. The van der Waals surface area contributed by atoms with E-state index in [1.807, 2.05) is 0 Å². The summed E-state index contributed by atoms with van der Waals surface area (Å²) in [5.41, 5.74) is 0.754. The van der Waals surface area contributed by atoms with Crippen LogP contribution in [-0.2, 0) is 16.1 Å². The zero-order valence-corrected chi connectivity index (χ0v) is 15.5. The van der Waals surface area contributed by atoms with Gasteiger partial charge in [-0.3, -0.25) is 14.5 Å². The number of hydrogen-bond donors (Lipinski definition) is 2. The fourth-order valence-corrected chi connectivity index (χ4v) is 3.17. The predicted octanol–water partition coefficient (Wildman–Crippen LogP) is 2.46. The molecule has 0 aliphatic carbocycles. The summed E-state index contributed by atoms with van der Waals surface area (Å²) in [6, 6.07) is 4.70. The number of benzene rings is 1. The van der Waals surface area contributed by atoms with E-state index in [0.29, 0.717) is 22.5 Å². The molecule has 2 rings (SSSR count). The van der Waals surface area contributed by atoms with Crippen LogP contribution in [0.1, 0.15) is 25.8 Å². The zero-order valence-electron chi connectivity index (χ0n) is 13.9. The number of piperazine rings is 1. The van der Waals surface area contributed by atoms with Gasteiger partial charge >= 0.3 is 0 Å². The van der Waals surface area contributed by atoms with Gasteiger partial charge in [-0.25, -0.2) is 0 Å². The molecule has 132 valence electrons. The molecule has 0 aromatic heterocycles. The Morgan fingerprint density at radius 1 is 1.42 bits per heavy atom. The molecule has 2 amide bonds. The summed E-state index contributed by atoms with van der Waals surface area (Å²) in [4.78, 5) is 26.5. The minimum Gasteiger partial charge on any atom is -0.353 e. The Bertz CT molecular complexity index is 607. The molecule has 0 spiro atoms. The lowest BCUT2D eigenvalue weighted by Gasteiger charge is -2.35. The first-order chi connectivity index (χ1) is 11.4. The third-order valence-electron chi connectivity index (χ3n) is 3.90. The van der Waals surface area contributed by atoms with Crippen LogP contribution >= 0.6 is 23.2 Å². The molecule has 1 fully saturated rings. The van der Waals surface area contributed by atoms with Crippen molar-refractivity contribution in [1.29, 1.82) is 0 Å². The quantitative estimate of drug-likeness (QED) is 0.807. The summed E-state index contributed by atoms with van der Waals surface area (Å²) in [5, 5.41) is 6.77. The largest absolute Gasteiger partial charge is 0.353 e. The van der Waals surface area contributed by atoms with E-state index in [-0.39, 0.29) is 24.8 Å². The SMILES string of the molecule is CC(C)CN1CCNC(=O)C1CC(=O)NCc1cc(Cl)ccc1Cl. The van der Waals surface area contributed by atoms with Crippen LogP contribution in [-0.4, -0.2) is 42.4 Å². The van der Waals surface area contributed by atoms with Crippen molar-refractivity contribution in [2.24, 2.45) is 5.92 Å². The number of carbonyl (C=O) groups excluding carboxylic acids is 2. The maximum Gasteiger partial charge on any atom is 0.237 e. The second-order valence-corrected chi connectivity index (χ2v) is 7.26. The molecule has 5 nitrogen and oxygen atoms in total. The smallest absolute Gasteiger partial charge is 0.237 e. The van der Waals surface area contributed by atoms with E-state index in [0.717, 1.165) is 18.7 Å². The maximum absolute atomic E-state index is 12.3. The standard InChI is InChI=1S/C17H23Cl2N3O2/c1-11(2)10-22-6-5-20-17(24)15(22)8-16(23)21-9-12-7-13(18)3-4-14(12)19/h3-4,7,11,15H,5-6,8-10H2,1-2H3,(H,20,24)(H,21,23). The van der Waals surface area contributed by atoms with Gasteiger partial charge in [0.05, 0.1) is 12.5 Å². The van der Waals surface area contributed by atoms with Crippen LogP contribution < -0.4 is 10.6 Å². The topological polar surface area (TPSA) is 61.4 Å². The first-order valence-corrected chi connectivity index (χ1v) is 8.84. The second kappa shape index (κ2) is 8.70. The molecule has 1 unspecified atom stereocenters. The van der Waals surface area contributed by atoms with Crippen molar-refractivity contribution in [2.75, 3.05) is 19.6 Å². The van der Waals surface area contributed by atoms with Crippen LogP contribution in [0.4, 0.5) is 0 Å². The first kappa shape index (κ1) is 19.0. The van der Waals surface area contributed by atoms with Crippen molar-refractivity contribution in [3.05, 3.63) is 33.8 Å².